The summed E-state index contributed by atoms with van der Waals surface area (Å²) in [5, 5.41) is 3.18. The Kier molecular flexibility index (Phi) is 4.57. The average molecular weight is 299 g/mol. The Morgan fingerprint density at radius 1 is 1.41 bits per heavy atom. The summed E-state index contributed by atoms with van der Waals surface area (Å²) < 4.78 is 0.931. The minimum absolute atomic E-state index is 0.0496. The van der Waals surface area contributed by atoms with Crippen molar-refractivity contribution >= 4 is 27.5 Å². The molecule has 1 rings (SSSR count). The molecule has 1 atom stereocenters. The van der Waals surface area contributed by atoms with Crippen LogP contribution in [0.2, 0.25) is 0 Å². The highest BCUT2D eigenvalue weighted by Gasteiger charge is 2.23. The lowest BCUT2D eigenvalue weighted by molar-refractivity contribution is -0.119. The van der Waals surface area contributed by atoms with Gasteiger partial charge >= 0.3 is 0 Å². The van der Waals surface area contributed by atoms with Gasteiger partial charge in [-0.05, 0) is 39.9 Å². The molecule has 3 nitrogen and oxygen atoms in total. The van der Waals surface area contributed by atoms with Crippen LogP contribution in [0, 0.1) is 5.41 Å². The number of para-hydroxylation sites is 1. The van der Waals surface area contributed by atoms with E-state index in [2.05, 4.69) is 42.0 Å². The molecule has 0 radical (unpaired) electrons. The molecule has 17 heavy (non-hydrogen) atoms. The van der Waals surface area contributed by atoms with Crippen LogP contribution in [-0.2, 0) is 4.79 Å². The van der Waals surface area contributed by atoms with Gasteiger partial charge in [0.1, 0.15) is 6.04 Å². The Bertz CT molecular complexity index is 399. The number of anilines is 1. The highest BCUT2D eigenvalue weighted by Crippen LogP contribution is 2.26. The van der Waals surface area contributed by atoms with Crippen LogP contribution in [0.4, 0.5) is 5.69 Å². The SMILES string of the molecule is CC(C)(C)CC(Nc1ccccc1Br)C(N)=O. The fraction of sp³-hybridized carbons (Fsp3) is 0.462. The van der Waals surface area contributed by atoms with Crippen molar-refractivity contribution in [3.05, 3.63) is 28.7 Å². The van der Waals surface area contributed by atoms with E-state index < -0.39 is 0 Å². The molecule has 0 aromatic heterocycles. The van der Waals surface area contributed by atoms with E-state index in [0.717, 1.165) is 10.2 Å². The predicted octanol–water partition coefficient (Wildman–Crippen LogP) is 3.15. The van der Waals surface area contributed by atoms with Crippen molar-refractivity contribution in [3.8, 4) is 0 Å². The summed E-state index contributed by atoms with van der Waals surface area (Å²) in [6, 6.07) is 7.34. The van der Waals surface area contributed by atoms with Gasteiger partial charge in [0.05, 0.1) is 0 Å². The molecule has 0 heterocycles. The lowest BCUT2D eigenvalue weighted by atomic mass is 9.88. The Morgan fingerprint density at radius 3 is 2.47 bits per heavy atom. The molecule has 1 aromatic rings. The van der Waals surface area contributed by atoms with E-state index in [1.165, 1.54) is 0 Å². The molecule has 0 aliphatic rings. The van der Waals surface area contributed by atoms with E-state index in [-0.39, 0.29) is 17.4 Å². The van der Waals surface area contributed by atoms with Crippen molar-refractivity contribution in [2.45, 2.75) is 33.2 Å². The maximum absolute atomic E-state index is 11.4. The lowest BCUT2D eigenvalue weighted by Gasteiger charge is -2.25. The monoisotopic (exact) mass is 298 g/mol. The minimum atomic E-state index is -0.353. The maximum Gasteiger partial charge on any atom is 0.239 e. The first-order valence-corrected chi connectivity index (χ1v) is 6.39. The Balaban J connectivity index is 2.81. The number of carbonyl (C=O) groups excluding carboxylic acids is 1. The smallest absolute Gasteiger partial charge is 0.239 e. The van der Waals surface area contributed by atoms with Crippen LogP contribution in [0.15, 0.2) is 28.7 Å². The molecule has 1 aromatic carbocycles. The van der Waals surface area contributed by atoms with E-state index >= 15 is 0 Å². The molecule has 0 spiro atoms. The summed E-state index contributed by atoms with van der Waals surface area (Å²) in [5.74, 6) is -0.323. The van der Waals surface area contributed by atoms with E-state index in [0.29, 0.717) is 6.42 Å². The largest absolute Gasteiger partial charge is 0.373 e. The Hall–Kier alpha value is -1.03. The predicted molar refractivity (Wildman–Crippen MR) is 74.8 cm³/mol. The summed E-state index contributed by atoms with van der Waals surface area (Å²) in [6.45, 7) is 6.26. The van der Waals surface area contributed by atoms with Gasteiger partial charge in [0.2, 0.25) is 5.91 Å². The quantitative estimate of drug-likeness (QED) is 0.897. The average Bonchev–Trinajstić information content (AvgIpc) is 2.18. The second-order valence-electron chi connectivity index (χ2n) is 5.34. The molecule has 1 unspecified atom stereocenters. The van der Waals surface area contributed by atoms with Gasteiger partial charge in [-0.2, -0.15) is 0 Å². The zero-order chi connectivity index (χ0) is 13.1. The van der Waals surface area contributed by atoms with Crippen LogP contribution >= 0.6 is 15.9 Å². The number of primary amides is 1. The zero-order valence-corrected chi connectivity index (χ0v) is 12.0. The molecule has 0 saturated carbocycles. The van der Waals surface area contributed by atoms with E-state index in [9.17, 15) is 4.79 Å². The fourth-order valence-electron chi connectivity index (χ4n) is 1.60. The molecular formula is C13H19BrN2O. The first kappa shape index (κ1) is 14.0. The third kappa shape index (κ3) is 4.77. The van der Waals surface area contributed by atoms with Crippen LogP contribution in [0.25, 0.3) is 0 Å². The fourth-order valence-corrected chi connectivity index (χ4v) is 2.00. The number of rotatable bonds is 4. The molecule has 0 bridgehead atoms. The summed E-state index contributed by atoms with van der Waals surface area (Å²) in [7, 11) is 0. The molecule has 0 saturated heterocycles. The first-order chi connectivity index (χ1) is 7.79. The lowest BCUT2D eigenvalue weighted by Crippen LogP contribution is -2.38. The maximum atomic E-state index is 11.4. The second kappa shape index (κ2) is 5.54. The standard InChI is InChI=1S/C13H19BrN2O/c1-13(2,3)8-11(12(15)17)16-10-7-5-4-6-9(10)14/h4-7,11,16H,8H2,1-3H3,(H2,15,17). The van der Waals surface area contributed by atoms with Crippen molar-refractivity contribution < 1.29 is 4.79 Å². The topological polar surface area (TPSA) is 55.1 Å². The van der Waals surface area contributed by atoms with Crippen LogP contribution in [0.1, 0.15) is 27.2 Å². The van der Waals surface area contributed by atoms with Crippen molar-refractivity contribution in [1.29, 1.82) is 0 Å². The third-order valence-corrected chi connectivity index (χ3v) is 3.06. The van der Waals surface area contributed by atoms with Crippen LogP contribution in [0.5, 0.6) is 0 Å². The molecule has 0 aliphatic carbocycles. The minimum Gasteiger partial charge on any atom is -0.373 e. The highest BCUT2D eigenvalue weighted by molar-refractivity contribution is 9.10. The van der Waals surface area contributed by atoms with E-state index in [4.69, 9.17) is 5.73 Å². The molecule has 94 valence electrons. The zero-order valence-electron chi connectivity index (χ0n) is 10.5. The number of carbonyl (C=O) groups is 1. The summed E-state index contributed by atoms with van der Waals surface area (Å²) in [5.41, 5.74) is 6.36. The number of amides is 1. The number of hydrogen-bond acceptors (Lipinski definition) is 2. The van der Waals surface area contributed by atoms with E-state index in [1.54, 1.807) is 0 Å². The van der Waals surface area contributed by atoms with Gasteiger partial charge in [0.15, 0.2) is 0 Å². The van der Waals surface area contributed by atoms with Gasteiger partial charge in [-0.15, -0.1) is 0 Å². The van der Waals surface area contributed by atoms with Crippen LogP contribution < -0.4 is 11.1 Å². The highest BCUT2D eigenvalue weighted by atomic mass is 79.9. The third-order valence-electron chi connectivity index (χ3n) is 2.36. The Labute approximate surface area is 111 Å². The molecule has 1 amide bonds. The molecule has 3 N–H and O–H groups in total. The van der Waals surface area contributed by atoms with Gasteiger partial charge in [-0.1, -0.05) is 32.9 Å². The number of halogens is 1. The van der Waals surface area contributed by atoms with Crippen LogP contribution in [0.3, 0.4) is 0 Å². The van der Waals surface area contributed by atoms with Gasteiger partial charge in [0, 0.05) is 10.2 Å². The van der Waals surface area contributed by atoms with E-state index in [1.807, 2.05) is 24.3 Å². The van der Waals surface area contributed by atoms with Gasteiger partial charge in [-0.3, -0.25) is 4.79 Å². The second-order valence-corrected chi connectivity index (χ2v) is 6.20. The number of benzene rings is 1. The van der Waals surface area contributed by atoms with Crippen LogP contribution in [-0.4, -0.2) is 11.9 Å². The molecule has 0 aliphatic heterocycles. The van der Waals surface area contributed by atoms with Gasteiger partial charge < -0.3 is 11.1 Å². The summed E-state index contributed by atoms with van der Waals surface area (Å²) >= 11 is 3.44. The van der Waals surface area contributed by atoms with Gasteiger partial charge in [-0.25, -0.2) is 0 Å². The summed E-state index contributed by atoms with van der Waals surface area (Å²) in [6.07, 6.45) is 0.698. The summed E-state index contributed by atoms with van der Waals surface area (Å²) in [4.78, 5) is 11.4. The van der Waals surface area contributed by atoms with Crippen molar-refractivity contribution in [3.63, 3.8) is 0 Å². The van der Waals surface area contributed by atoms with Crippen molar-refractivity contribution in [2.75, 3.05) is 5.32 Å². The van der Waals surface area contributed by atoms with Crippen molar-refractivity contribution in [2.24, 2.45) is 11.1 Å². The van der Waals surface area contributed by atoms with Gasteiger partial charge in [0.25, 0.3) is 0 Å². The Morgan fingerprint density at radius 2 is 2.00 bits per heavy atom. The number of nitrogens with two attached hydrogens (primary N) is 1. The molecule has 4 heteroatoms. The van der Waals surface area contributed by atoms with Crippen molar-refractivity contribution in [1.82, 2.24) is 0 Å². The number of hydrogen-bond donors (Lipinski definition) is 2. The number of nitrogens with one attached hydrogen (secondary N) is 1. The molecular weight excluding hydrogens is 280 g/mol. The molecule has 0 fully saturated rings. The first-order valence-electron chi connectivity index (χ1n) is 5.60. The normalized spacial score (nSPS) is 13.2.